The predicted molar refractivity (Wildman–Crippen MR) is 81.4 cm³/mol. The van der Waals surface area contributed by atoms with E-state index in [1.807, 2.05) is 35.0 Å². The number of halogens is 1. The van der Waals surface area contributed by atoms with Crippen molar-refractivity contribution in [2.24, 2.45) is 0 Å². The Morgan fingerprint density at radius 3 is 2.81 bits per heavy atom. The molecule has 0 atom stereocenters. The van der Waals surface area contributed by atoms with Crippen molar-refractivity contribution in [1.29, 1.82) is 0 Å². The molecule has 2 aromatic heterocycles. The maximum absolute atomic E-state index is 10.8. The molecule has 2 heterocycles. The van der Waals surface area contributed by atoms with Gasteiger partial charge < -0.3 is 4.57 Å². The van der Waals surface area contributed by atoms with Crippen LogP contribution in [0.3, 0.4) is 0 Å². The minimum atomic E-state index is 0.584. The van der Waals surface area contributed by atoms with E-state index in [4.69, 9.17) is 11.6 Å². The highest BCUT2D eigenvalue weighted by Gasteiger charge is 2.06. The average Bonchev–Trinajstić information content (AvgIpc) is 2.98. The minimum Gasteiger partial charge on any atom is -0.332 e. The maximum Gasteiger partial charge on any atom is 0.150 e. The number of imidazole rings is 1. The number of nitrogens with zero attached hydrogens (tertiary/aromatic N) is 3. The van der Waals surface area contributed by atoms with Gasteiger partial charge in [-0.3, -0.25) is 9.78 Å². The molecule has 0 aliphatic rings. The maximum atomic E-state index is 10.8. The number of carbonyl (C=O) groups is 1. The topological polar surface area (TPSA) is 47.8 Å². The summed E-state index contributed by atoms with van der Waals surface area (Å²) in [5.41, 5.74) is 3.02. The van der Waals surface area contributed by atoms with Gasteiger partial charge in [0.25, 0.3) is 0 Å². The molecule has 0 fully saturated rings. The standard InChI is InChI=1S/C16H12ClN3O/c17-14-4-2-1-3-13(14)8-20-9-16(19-11-20)15-7-12(10-21)5-6-18-15/h1-7,9-11H,8H2. The summed E-state index contributed by atoms with van der Waals surface area (Å²) in [6.07, 6.45) is 6.02. The lowest BCUT2D eigenvalue weighted by Crippen LogP contribution is -1.96. The fourth-order valence-electron chi connectivity index (χ4n) is 2.06. The Kier molecular flexibility index (Phi) is 3.79. The first-order valence-electron chi connectivity index (χ1n) is 6.43. The average molecular weight is 298 g/mol. The molecule has 0 saturated heterocycles. The molecular formula is C16H12ClN3O. The molecule has 0 amide bonds. The number of benzene rings is 1. The lowest BCUT2D eigenvalue weighted by molar-refractivity contribution is 0.112. The van der Waals surface area contributed by atoms with Gasteiger partial charge in [0.2, 0.25) is 0 Å². The number of hydrogen-bond acceptors (Lipinski definition) is 3. The van der Waals surface area contributed by atoms with Crippen molar-refractivity contribution < 1.29 is 4.79 Å². The van der Waals surface area contributed by atoms with Gasteiger partial charge in [-0.25, -0.2) is 4.98 Å². The molecule has 0 N–H and O–H groups in total. The Bertz CT molecular complexity index is 782. The highest BCUT2D eigenvalue weighted by Crippen LogP contribution is 2.19. The van der Waals surface area contributed by atoms with Crippen molar-refractivity contribution in [2.45, 2.75) is 6.54 Å². The van der Waals surface area contributed by atoms with Crippen molar-refractivity contribution in [1.82, 2.24) is 14.5 Å². The van der Waals surface area contributed by atoms with Crippen LogP contribution in [0.5, 0.6) is 0 Å². The fourth-order valence-corrected chi connectivity index (χ4v) is 2.26. The molecule has 0 spiro atoms. The molecule has 0 aliphatic heterocycles. The number of aldehydes is 1. The summed E-state index contributed by atoms with van der Waals surface area (Å²) in [5.74, 6) is 0. The second kappa shape index (κ2) is 5.89. The number of hydrogen-bond donors (Lipinski definition) is 0. The first-order valence-corrected chi connectivity index (χ1v) is 6.81. The van der Waals surface area contributed by atoms with Gasteiger partial charge in [-0.05, 0) is 23.8 Å². The first kappa shape index (κ1) is 13.5. The van der Waals surface area contributed by atoms with E-state index in [9.17, 15) is 4.79 Å². The van der Waals surface area contributed by atoms with E-state index < -0.39 is 0 Å². The molecule has 21 heavy (non-hydrogen) atoms. The number of rotatable bonds is 4. The summed E-state index contributed by atoms with van der Waals surface area (Å²) in [6, 6.07) is 11.1. The van der Waals surface area contributed by atoms with Gasteiger partial charge in [0, 0.05) is 29.5 Å². The van der Waals surface area contributed by atoms with Crippen LogP contribution >= 0.6 is 11.6 Å². The first-order chi connectivity index (χ1) is 10.3. The summed E-state index contributed by atoms with van der Waals surface area (Å²) in [7, 11) is 0. The quantitative estimate of drug-likeness (QED) is 0.693. The molecule has 0 unspecified atom stereocenters. The molecule has 5 heteroatoms. The second-order valence-corrected chi connectivity index (χ2v) is 5.02. The van der Waals surface area contributed by atoms with E-state index in [-0.39, 0.29) is 0 Å². The van der Waals surface area contributed by atoms with Gasteiger partial charge in [-0.1, -0.05) is 29.8 Å². The monoisotopic (exact) mass is 297 g/mol. The zero-order valence-electron chi connectivity index (χ0n) is 11.1. The Labute approximate surface area is 127 Å². The molecule has 104 valence electrons. The lowest BCUT2D eigenvalue weighted by atomic mass is 10.2. The SMILES string of the molecule is O=Cc1ccnc(-c2cn(Cc3ccccc3Cl)cn2)c1. The molecule has 0 aliphatic carbocycles. The largest absolute Gasteiger partial charge is 0.332 e. The third-order valence-corrected chi connectivity index (χ3v) is 3.50. The van der Waals surface area contributed by atoms with Crippen LogP contribution in [0.25, 0.3) is 11.4 Å². The van der Waals surface area contributed by atoms with Crippen LogP contribution in [0.4, 0.5) is 0 Å². The molecule has 0 bridgehead atoms. The third kappa shape index (κ3) is 3.01. The summed E-state index contributed by atoms with van der Waals surface area (Å²) in [5, 5.41) is 0.730. The van der Waals surface area contributed by atoms with E-state index in [1.54, 1.807) is 24.7 Å². The van der Waals surface area contributed by atoms with E-state index in [1.165, 1.54) is 0 Å². The lowest BCUT2D eigenvalue weighted by Gasteiger charge is -2.04. The molecule has 3 aromatic rings. The zero-order chi connectivity index (χ0) is 14.7. The van der Waals surface area contributed by atoms with Crippen LogP contribution in [0.2, 0.25) is 5.02 Å². The molecule has 0 saturated carbocycles. The molecule has 3 rings (SSSR count). The van der Waals surface area contributed by atoms with E-state index in [0.717, 1.165) is 22.6 Å². The summed E-state index contributed by atoms with van der Waals surface area (Å²) < 4.78 is 1.94. The Morgan fingerprint density at radius 1 is 1.14 bits per heavy atom. The van der Waals surface area contributed by atoms with Gasteiger partial charge in [0.1, 0.15) is 12.0 Å². The van der Waals surface area contributed by atoms with Crippen LogP contribution in [0.1, 0.15) is 15.9 Å². The van der Waals surface area contributed by atoms with E-state index >= 15 is 0 Å². The van der Waals surface area contributed by atoms with Crippen LogP contribution < -0.4 is 0 Å². The zero-order valence-corrected chi connectivity index (χ0v) is 11.9. The van der Waals surface area contributed by atoms with Gasteiger partial charge >= 0.3 is 0 Å². The van der Waals surface area contributed by atoms with Gasteiger partial charge in [0.05, 0.1) is 12.0 Å². The van der Waals surface area contributed by atoms with Crippen LogP contribution in [-0.4, -0.2) is 20.8 Å². The van der Waals surface area contributed by atoms with Crippen molar-refractivity contribution >= 4 is 17.9 Å². The highest BCUT2D eigenvalue weighted by molar-refractivity contribution is 6.31. The summed E-state index contributed by atoms with van der Waals surface area (Å²) in [6.45, 7) is 0.639. The molecule has 0 radical (unpaired) electrons. The van der Waals surface area contributed by atoms with Crippen molar-refractivity contribution in [2.75, 3.05) is 0 Å². The van der Waals surface area contributed by atoms with E-state index in [0.29, 0.717) is 17.8 Å². The second-order valence-electron chi connectivity index (χ2n) is 4.61. The Hall–Kier alpha value is -2.46. The van der Waals surface area contributed by atoms with Crippen LogP contribution in [-0.2, 0) is 6.54 Å². The number of aromatic nitrogens is 3. The molecule has 4 nitrogen and oxygen atoms in total. The van der Waals surface area contributed by atoms with Crippen molar-refractivity contribution in [3.8, 4) is 11.4 Å². The molecular weight excluding hydrogens is 286 g/mol. The minimum absolute atomic E-state index is 0.584. The normalized spacial score (nSPS) is 10.5. The van der Waals surface area contributed by atoms with Crippen molar-refractivity contribution in [3.63, 3.8) is 0 Å². The third-order valence-electron chi connectivity index (χ3n) is 3.13. The fraction of sp³-hybridized carbons (Fsp3) is 0.0625. The smallest absolute Gasteiger partial charge is 0.150 e. The van der Waals surface area contributed by atoms with Gasteiger partial charge in [-0.15, -0.1) is 0 Å². The Morgan fingerprint density at radius 2 is 2.00 bits per heavy atom. The van der Waals surface area contributed by atoms with Crippen LogP contribution in [0.15, 0.2) is 55.1 Å². The van der Waals surface area contributed by atoms with Crippen LogP contribution in [0, 0.1) is 0 Å². The Balaban J connectivity index is 1.86. The van der Waals surface area contributed by atoms with Gasteiger partial charge in [0.15, 0.2) is 0 Å². The van der Waals surface area contributed by atoms with Crippen molar-refractivity contribution in [3.05, 3.63) is 71.3 Å². The molecule has 1 aromatic carbocycles. The number of pyridine rings is 1. The predicted octanol–water partition coefficient (Wildman–Crippen LogP) is 3.46. The number of carbonyl (C=O) groups excluding carboxylic acids is 1. The van der Waals surface area contributed by atoms with Gasteiger partial charge in [-0.2, -0.15) is 0 Å². The highest BCUT2D eigenvalue weighted by atomic mass is 35.5. The summed E-state index contributed by atoms with van der Waals surface area (Å²) >= 11 is 6.15. The summed E-state index contributed by atoms with van der Waals surface area (Å²) in [4.78, 5) is 19.4. The van der Waals surface area contributed by atoms with E-state index in [2.05, 4.69) is 9.97 Å².